The predicted molar refractivity (Wildman–Crippen MR) is 70.6 cm³/mol. The lowest BCUT2D eigenvalue weighted by Crippen LogP contribution is -2.31. The van der Waals surface area contributed by atoms with Crippen LogP contribution in [0.2, 0.25) is 0 Å². The fourth-order valence-electron chi connectivity index (χ4n) is 1.00. The van der Waals surface area contributed by atoms with Gasteiger partial charge in [0.25, 0.3) is 6.65 Å². The van der Waals surface area contributed by atoms with Crippen LogP contribution in [-0.4, -0.2) is 35.8 Å². The zero-order valence-corrected chi connectivity index (χ0v) is 12.3. The molecule has 0 aromatic heterocycles. The molecule has 17 heavy (non-hydrogen) atoms. The summed E-state index contributed by atoms with van der Waals surface area (Å²) >= 11 is 1.21. The molecule has 0 aromatic carbocycles. The van der Waals surface area contributed by atoms with E-state index in [-0.39, 0.29) is 5.25 Å². The van der Waals surface area contributed by atoms with E-state index >= 15 is 0 Å². The molecule has 0 aliphatic heterocycles. The molecule has 0 heterocycles. The maximum Gasteiger partial charge on any atom is 0.294 e. The number of hydrogen-bond acceptors (Lipinski definition) is 4. The van der Waals surface area contributed by atoms with Gasteiger partial charge < -0.3 is 5.73 Å². The molecule has 8 heteroatoms. The van der Waals surface area contributed by atoms with Gasteiger partial charge in [-0.25, -0.2) is 5.09 Å². The van der Waals surface area contributed by atoms with Gasteiger partial charge in [0.2, 0.25) is 11.8 Å². The van der Waals surface area contributed by atoms with Gasteiger partial charge in [-0.15, -0.1) is 0 Å². The number of nitrogens with zero attached hydrogens (tertiary/aromatic N) is 1. The Morgan fingerprint density at radius 2 is 2.06 bits per heavy atom. The second-order valence-corrected chi connectivity index (χ2v) is 8.85. The minimum Gasteiger partial charge on any atom is -0.369 e. The van der Waals surface area contributed by atoms with Crippen LogP contribution < -0.4 is 10.8 Å². The zero-order chi connectivity index (χ0) is 13.6. The van der Waals surface area contributed by atoms with Crippen molar-refractivity contribution in [3.8, 4) is 0 Å². The van der Waals surface area contributed by atoms with Gasteiger partial charge in [-0.05, 0) is 13.5 Å². The van der Waals surface area contributed by atoms with E-state index in [1.165, 1.54) is 25.5 Å². The van der Waals surface area contributed by atoms with Crippen LogP contribution in [-0.2, 0) is 14.2 Å². The van der Waals surface area contributed by atoms with Gasteiger partial charge in [0.1, 0.15) is 6.42 Å². The number of nitrogens with two attached hydrogens (primary N) is 1. The molecule has 0 saturated heterocycles. The molecule has 3 N–H and O–H groups in total. The molecular weight excluding hydrogens is 261 g/mol. The number of rotatable bonds is 7. The van der Waals surface area contributed by atoms with Crippen molar-refractivity contribution in [1.29, 1.82) is 0 Å². The maximum absolute atomic E-state index is 12.5. The molecular formula is C9H20N3O3PS. The van der Waals surface area contributed by atoms with Gasteiger partial charge in [-0.2, -0.15) is 0 Å². The van der Waals surface area contributed by atoms with Crippen molar-refractivity contribution >= 4 is 29.8 Å². The summed E-state index contributed by atoms with van der Waals surface area (Å²) in [6.07, 6.45) is 0.414. The van der Waals surface area contributed by atoms with Gasteiger partial charge in [-0.1, -0.05) is 25.2 Å². The van der Waals surface area contributed by atoms with E-state index in [0.717, 1.165) is 11.1 Å². The zero-order valence-electron chi connectivity index (χ0n) is 10.6. The summed E-state index contributed by atoms with van der Waals surface area (Å²) in [4.78, 5) is 22.3. The van der Waals surface area contributed by atoms with Crippen LogP contribution >= 0.6 is 18.0 Å². The van der Waals surface area contributed by atoms with E-state index in [1.807, 2.05) is 13.8 Å². The Kier molecular flexibility index (Phi) is 6.82. The fraction of sp³-hybridized carbons (Fsp3) is 0.778. The second-order valence-electron chi connectivity index (χ2n) is 3.63. The van der Waals surface area contributed by atoms with Crippen molar-refractivity contribution in [3.63, 3.8) is 0 Å². The number of carbonyl (C=O) groups excluding carboxylic acids is 2. The van der Waals surface area contributed by atoms with E-state index in [0.29, 0.717) is 0 Å². The highest BCUT2D eigenvalue weighted by atomic mass is 32.7. The Hall–Kier alpha value is -0.520. The fourth-order valence-corrected chi connectivity index (χ4v) is 5.47. The molecule has 0 rings (SSSR count). The third kappa shape index (κ3) is 5.10. The molecule has 2 unspecified atom stereocenters. The van der Waals surface area contributed by atoms with Crippen LogP contribution in [0.5, 0.6) is 0 Å². The lowest BCUT2D eigenvalue weighted by Gasteiger charge is -2.28. The normalized spacial score (nSPS) is 16.0. The molecule has 2 atom stereocenters. The maximum atomic E-state index is 12.5. The molecule has 0 aliphatic rings. The summed E-state index contributed by atoms with van der Waals surface area (Å²) < 4.78 is 13.6. The Morgan fingerprint density at radius 1 is 1.53 bits per heavy atom. The molecule has 2 amide bonds. The highest BCUT2D eigenvalue weighted by Gasteiger charge is 2.32. The first-order valence-electron chi connectivity index (χ1n) is 5.29. The van der Waals surface area contributed by atoms with Crippen molar-refractivity contribution in [2.24, 2.45) is 5.73 Å². The monoisotopic (exact) mass is 281 g/mol. The quantitative estimate of drug-likeness (QED) is 0.540. The van der Waals surface area contributed by atoms with Gasteiger partial charge in [0.15, 0.2) is 0 Å². The molecule has 6 nitrogen and oxygen atoms in total. The van der Waals surface area contributed by atoms with Crippen molar-refractivity contribution in [2.75, 3.05) is 14.1 Å². The lowest BCUT2D eigenvalue weighted by molar-refractivity contribution is -0.130. The standard InChI is InChI=1S/C9H20N3O3PS/c1-5-7(2)17-16(15,11-3)12(4)9(14)6-8(10)13/h7H,5-6H2,1-4H3,(H2,10,13)(H,11,15). The topological polar surface area (TPSA) is 92.5 Å². The van der Waals surface area contributed by atoms with Crippen LogP contribution in [0.15, 0.2) is 0 Å². The van der Waals surface area contributed by atoms with Crippen LogP contribution in [0.1, 0.15) is 26.7 Å². The average Bonchev–Trinajstić information content (AvgIpc) is 2.26. The summed E-state index contributed by atoms with van der Waals surface area (Å²) in [5.41, 5.74) is 4.94. The van der Waals surface area contributed by atoms with Crippen LogP contribution in [0.3, 0.4) is 0 Å². The van der Waals surface area contributed by atoms with E-state index < -0.39 is 24.9 Å². The average molecular weight is 281 g/mol. The Morgan fingerprint density at radius 3 is 2.41 bits per heavy atom. The lowest BCUT2D eigenvalue weighted by atomic mass is 10.4. The SMILES string of the molecule is CCC(C)SP(=O)(NC)N(C)C(=O)CC(N)=O. The number of primary amides is 1. The molecule has 0 aliphatic carbocycles. The van der Waals surface area contributed by atoms with Crippen LogP contribution in [0.4, 0.5) is 0 Å². The van der Waals surface area contributed by atoms with Gasteiger partial charge >= 0.3 is 0 Å². The number of hydrogen-bond donors (Lipinski definition) is 2. The summed E-state index contributed by atoms with van der Waals surface area (Å²) in [5, 5.41) is 2.82. The second kappa shape index (κ2) is 7.03. The number of nitrogens with one attached hydrogen (secondary N) is 1. The summed E-state index contributed by atoms with van der Waals surface area (Å²) in [6.45, 7) is 0.873. The largest absolute Gasteiger partial charge is 0.369 e. The van der Waals surface area contributed by atoms with Crippen molar-refractivity contribution in [2.45, 2.75) is 31.9 Å². The first-order valence-corrected chi connectivity index (χ1v) is 8.44. The first-order chi connectivity index (χ1) is 7.76. The van der Waals surface area contributed by atoms with E-state index in [2.05, 4.69) is 5.09 Å². The highest BCUT2D eigenvalue weighted by molar-refractivity contribution is 8.57. The summed E-state index contributed by atoms with van der Waals surface area (Å²) in [5.74, 6) is -1.26. The van der Waals surface area contributed by atoms with Gasteiger partial charge in [-0.3, -0.25) is 18.8 Å². The molecule has 100 valence electrons. The van der Waals surface area contributed by atoms with Crippen molar-refractivity contribution in [1.82, 2.24) is 9.76 Å². The number of carbonyl (C=O) groups is 2. The molecule has 0 radical (unpaired) electrons. The third-order valence-corrected chi connectivity index (χ3v) is 8.04. The van der Waals surface area contributed by atoms with Gasteiger partial charge in [0, 0.05) is 12.3 Å². The predicted octanol–water partition coefficient (Wildman–Crippen LogP) is 1.18. The third-order valence-electron chi connectivity index (χ3n) is 2.26. The smallest absolute Gasteiger partial charge is 0.294 e. The molecule has 0 bridgehead atoms. The van der Waals surface area contributed by atoms with Crippen molar-refractivity contribution in [3.05, 3.63) is 0 Å². The minimum absolute atomic E-state index is 0.150. The van der Waals surface area contributed by atoms with E-state index in [1.54, 1.807) is 0 Å². The van der Waals surface area contributed by atoms with Gasteiger partial charge in [0.05, 0.1) is 0 Å². The summed E-state index contributed by atoms with van der Waals surface area (Å²) in [6, 6.07) is 0. The Bertz CT molecular complexity index is 337. The molecule has 0 saturated carbocycles. The first kappa shape index (κ1) is 16.5. The summed E-state index contributed by atoms with van der Waals surface area (Å²) in [7, 11) is 2.95. The highest BCUT2D eigenvalue weighted by Crippen LogP contribution is 2.59. The molecule has 0 spiro atoms. The van der Waals surface area contributed by atoms with Crippen LogP contribution in [0.25, 0.3) is 0 Å². The molecule has 0 fully saturated rings. The minimum atomic E-state index is -3.03. The van der Waals surface area contributed by atoms with Crippen LogP contribution in [0, 0.1) is 0 Å². The van der Waals surface area contributed by atoms with E-state index in [9.17, 15) is 14.2 Å². The number of amides is 2. The van der Waals surface area contributed by atoms with E-state index in [4.69, 9.17) is 5.73 Å². The Balaban J connectivity index is 4.79. The Labute approximate surface area is 106 Å². The van der Waals surface area contributed by atoms with Crippen molar-refractivity contribution < 1.29 is 14.2 Å². The molecule has 0 aromatic rings.